The van der Waals surface area contributed by atoms with E-state index in [1.165, 1.54) is 45.2 Å². The average Bonchev–Trinajstić information content (AvgIpc) is 2.55. The predicted molar refractivity (Wildman–Crippen MR) is 58.9 cm³/mol. The van der Waals surface area contributed by atoms with Crippen LogP contribution in [0.1, 0.15) is 46.0 Å². The van der Waals surface area contributed by atoms with E-state index in [1.54, 1.807) is 5.57 Å². The van der Waals surface area contributed by atoms with Crippen LogP contribution >= 0.6 is 0 Å². The molecular weight excluding hydrogens is 158 g/mol. The van der Waals surface area contributed by atoms with Crippen LogP contribution in [0.2, 0.25) is 0 Å². The number of allylic oxidation sites excluding steroid dienone is 1. The highest BCUT2D eigenvalue weighted by Crippen LogP contribution is 2.19. The van der Waals surface area contributed by atoms with Crippen molar-refractivity contribution >= 4 is 0 Å². The lowest BCUT2D eigenvalue weighted by molar-refractivity contribution is 0.538. The molecule has 13 heavy (non-hydrogen) atoms. The fourth-order valence-corrected chi connectivity index (χ4v) is 1.73. The molecule has 0 atom stereocenters. The zero-order chi connectivity index (χ0) is 9.52. The highest BCUT2D eigenvalue weighted by molar-refractivity contribution is 5.07. The molecule has 0 aromatic carbocycles. The molecule has 0 aromatic rings. The summed E-state index contributed by atoms with van der Waals surface area (Å²) in [6.07, 6.45) is 9.07. The number of rotatable bonds is 6. The molecule has 0 aromatic heterocycles. The molecular formula is C12H23N. The predicted octanol–water partition coefficient (Wildman–Crippen LogP) is 3.12. The third-order valence-electron chi connectivity index (χ3n) is 2.66. The van der Waals surface area contributed by atoms with Gasteiger partial charge in [0, 0.05) is 0 Å². The van der Waals surface area contributed by atoms with Gasteiger partial charge in [-0.3, -0.25) is 0 Å². The summed E-state index contributed by atoms with van der Waals surface area (Å²) in [6, 6.07) is 0. The van der Waals surface area contributed by atoms with Crippen LogP contribution in [-0.2, 0) is 0 Å². The van der Waals surface area contributed by atoms with Gasteiger partial charge in [0.25, 0.3) is 0 Å². The van der Waals surface area contributed by atoms with Crippen LogP contribution in [0.3, 0.4) is 0 Å². The maximum atomic E-state index is 3.50. The van der Waals surface area contributed by atoms with Gasteiger partial charge in [-0.2, -0.15) is 0 Å². The molecule has 0 saturated heterocycles. The fraction of sp³-hybridized carbons (Fsp3) is 0.833. The van der Waals surface area contributed by atoms with Gasteiger partial charge in [-0.25, -0.2) is 0 Å². The van der Waals surface area contributed by atoms with Crippen molar-refractivity contribution in [3.05, 3.63) is 11.6 Å². The summed E-state index contributed by atoms with van der Waals surface area (Å²) in [4.78, 5) is 0. The zero-order valence-electron chi connectivity index (χ0n) is 9.10. The molecule has 0 aliphatic heterocycles. The van der Waals surface area contributed by atoms with Gasteiger partial charge in [0.2, 0.25) is 0 Å². The van der Waals surface area contributed by atoms with Crippen LogP contribution in [0.25, 0.3) is 0 Å². The Hall–Kier alpha value is -0.300. The van der Waals surface area contributed by atoms with Gasteiger partial charge >= 0.3 is 0 Å². The van der Waals surface area contributed by atoms with E-state index in [0.717, 1.165) is 5.92 Å². The van der Waals surface area contributed by atoms with Crippen molar-refractivity contribution in [3.8, 4) is 0 Å². The van der Waals surface area contributed by atoms with E-state index in [9.17, 15) is 0 Å². The Morgan fingerprint density at radius 3 is 2.85 bits per heavy atom. The van der Waals surface area contributed by atoms with Gasteiger partial charge in [0.1, 0.15) is 0 Å². The van der Waals surface area contributed by atoms with Crippen LogP contribution in [-0.4, -0.2) is 13.1 Å². The topological polar surface area (TPSA) is 12.0 Å². The molecule has 1 nitrogen and oxygen atoms in total. The van der Waals surface area contributed by atoms with Gasteiger partial charge in [0.05, 0.1) is 0 Å². The highest BCUT2D eigenvalue weighted by atomic mass is 14.8. The van der Waals surface area contributed by atoms with Crippen molar-refractivity contribution in [2.24, 2.45) is 5.92 Å². The first kappa shape index (κ1) is 10.8. The molecule has 1 heteroatoms. The monoisotopic (exact) mass is 181 g/mol. The maximum Gasteiger partial charge on any atom is -0.00116 e. The van der Waals surface area contributed by atoms with Gasteiger partial charge in [0.15, 0.2) is 0 Å². The van der Waals surface area contributed by atoms with Crippen molar-refractivity contribution < 1.29 is 0 Å². The molecule has 0 spiro atoms. The van der Waals surface area contributed by atoms with Gasteiger partial charge < -0.3 is 5.32 Å². The molecule has 0 radical (unpaired) electrons. The molecule has 0 heterocycles. The molecule has 0 fully saturated rings. The van der Waals surface area contributed by atoms with Crippen LogP contribution in [0.4, 0.5) is 0 Å². The Morgan fingerprint density at radius 1 is 1.38 bits per heavy atom. The van der Waals surface area contributed by atoms with Crippen LogP contribution in [0.5, 0.6) is 0 Å². The van der Waals surface area contributed by atoms with Crippen molar-refractivity contribution in [2.75, 3.05) is 13.1 Å². The van der Waals surface area contributed by atoms with Crippen molar-refractivity contribution in [1.82, 2.24) is 5.32 Å². The second-order valence-corrected chi connectivity index (χ2v) is 4.44. The van der Waals surface area contributed by atoms with Crippen LogP contribution in [0, 0.1) is 5.92 Å². The third kappa shape index (κ3) is 5.09. The molecule has 0 amide bonds. The van der Waals surface area contributed by atoms with E-state index in [-0.39, 0.29) is 0 Å². The van der Waals surface area contributed by atoms with Crippen molar-refractivity contribution in [3.63, 3.8) is 0 Å². The van der Waals surface area contributed by atoms with Crippen molar-refractivity contribution in [2.45, 2.75) is 46.0 Å². The Balaban J connectivity index is 1.89. The lowest BCUT2D eigenvalue weighted by Gasteiger charge is -2.07. The first-order valence-electron chi connectivity index (χ1n) is 5.67. The minimum Gasteiger partial charge on any atom is -0.316 e. The van der Waals surface area contributed by atoms with E-state index < -0.39 is 0 Å². The maximum absolute atomic E-state index is 3.50. The molecule has 76 valence electrons. The minimum atomic E-state index is 0.832. The van der Waals surface area contributed by atoms with Crippen LogP contribution < -0.4 is 5.32 Å². The summed E-state index contributed by atoms with van der Waals surface area (Å²) in [6.45, 7) is 6.92. The fourth-order valence-electron chi connectivity index (χ4n) is 1.73. The normalized spacial score (nSPS) is 16.7. The lowest BCUT2D eigenvalue weighted by atomic mass is 10.1. The second kappa shape index (κ2) is 6.20. The second-order valence-electron chi connectivity index (χ2n) is 4.44. The van der Waals surface area contributed by atoms with E-state index in [4.69, 9.17) is 0 Å². The van der Waals surface area contributed by atoms with Gasteiger partial charge in [-0.1, -0.05) is 25.5 Å². The first-order valence-corrected chi connectivity index (χ1v) is 5.67. The molecule has 0 bridgehead atoms. The smallest absolute Gasteiger partial charge is 0.00116 e. The molecule has 1 N–H and O–H groups in total. The van der Waals surface area contributed by atoms with Gasteiger partial charge in [-0.05, 0) is 51.1 Å². The molecule has 0 unspecified atom stereocenters. The summed E-state index contributed by atoms with van der Waals surface area (Å²) in [7, 11) is 0. The Bertz CT molecular complexity index is 159. The average molecular weight is 181 g/mol. The van der Waals surface area contributed by atoms with Gasteiger partial charge in [-0.15, -0.1) is 0 Å². The summed E-state index contributed by atoms with van der Waals surface area (Å²) < 4.78 is 0. The number of hydrogen-bond donors (Lipinski definition) is 1. The minimum absolute atomic E-state index is 0.832. The molecule has 0 saturated carbocycles. The number of nitrogens with one attached hydrogen (secondary N) is 1. The summed E-state index contributed by atoms with van der Waals surface area (Å²) in [5.74, 6) is 0.832. The largest absolute Gasteiger partial charge is 0.316 e. The highest BCUT2D eigenvalue weighted by Gasteiger charge is 2.03. The summed E-state index contributed by atoms with van der Waals surface area (Å²) >= 11 is 0. The SMILES string of the molecule is CC(C)CCNCCC1=CCCC1. The van der Waals surface area contributed by atoms with E-state index in [2.05, 4.69) is 25.2 Å². The summed E-state index contributed by atoms with van der Waals surface area (Å²) in [5.41, 5.74) is 1.68. The van der Waals surface area contributed by atoms with E-state index in [0.29, 0.717) is 0 Å². The first-order chi connectivity index (χ1) is 6.29. The summed E-state index contributed by atoms with van der Waals surface area (Å²) in [5, 5.41) is 3.50. The van der Waals surface area contributed by atoms with E-state index >= 15 is 0 Å². The van der Waals surface area contributed by atoms with E-state index in [1.807, 2.05) is 0 Å². The standard InChI is InChI=1S/C12H23N/c1-11(2)7-9-13-10-8-12-5-3-4-6-12/h5,11,13H,3-4,6-10H2,1-2H3. The lowest BCUT2D eigenvalue weighted by Crippen LogP contribution is -2.18. The molecule has 1 aliphatic rings. The van der Waals surface area contributed by atoms with Crippen molar-refractivity contribution in [1.29, 1.82) is 0 Å². The Morgan fingerprint density at radius 2 is 2.23 bits per heavy atom. The Labute approximate surface area is 82.6 Å². The zero-order valence-corrected chi connectivity index (χ0v) is 9.10. The Kier molecular flexibility index (Phi) is 5.14. The van der Waals surface area contributed by atoms with Crippen LogP contribution in [0.15, 0.2) is 11.6 Å². The molecule has 1 rings (SSSR count). The third-order valence-corrected chi connectivity index (χ3v) is 2.66. The quantitative estimate of drug-likeness (QED) is 0.490. The number of hydrogen-bond acceptors (Lipinski definition) is 1. The molecule has 1 aliphatic carbocycles.